The van der Waals surface area contributed by atoms with Gasteiger partial charge in [0.15, 0.2) is 6.61 Å². The maximum atomic E-state index is 12.6. The van der Waals surface area contributed by atoms with Crippen LogP contribution in [0.5, 0.6) is 5.75 Å². The number of Topliss-reactive ketones (excluding diaryl/α,β-unsaturated/α-hetero) is 1. The molecule has 3 aromatic carbocycles. The van der Waals surface area contributed by atoms with Crippen LogP contribution in [-0.4, -0.2) is 23.5 Å². The smallest absolute Gasteiger partial charge is 0.336 e. The summed E-state index contributed by atoms with van der Waals surface area (Å²) in [4.78, 5) is 24.1. The van der Waals surface area contributed by atoms with Crippen molar-refractivity contribution in [3.8, 4) is 16.9 Å². The first-order chi connectivity index (χ1) is 13.4. The van der Waals surface area contributed by atoms with E-state index in [4.69, 9.17) is 22.1 Å². The van der Waals surface area contributed by atoms with Crippen LogP contribution in [0.25, 0.3) is 11.1 Å². The van der Waals surface area contributed by atoms with E-state index in [1.807, 2.05) is 42.5 Å². The van der Waals surface area contributed by atoms with Crippen molar-refractivity contribution in [3.63, 3.8) is 0 Å². The Morgan fingerprint density at radius 2 is 1.64 bits per heavy atom. The number of carboxylic acid groups (broad SMARTS) is 1. The zero-order valence-corrected chi connectivity index (χ0v) is 15.9. The summed E-state index contributed by atoms with van der Waals surface area (Å²) in [5.41, 5.74) is 8.23. The molecule has 0 bridgehead atoms. The first-order valence-electron chi connectivity index (χ1n) is 8.52. The summed E-state index contributed by atoms with van der Waals surface area (Å²) in [5, 5.41) is 9.57. The normalized spacial score (nSPS) is 10.5. The summed E-state index contributed by atoms with van der Waals surface area (Å²) >= 11 is 5.99. The Morgan fingerprint density at radius 1 is 1.04 bits per heavy atom. The van der Waals surface area contributed by atoms with Crippen LogP contribution < -0.4 is 10.5 Å². The lowest BCUT2D eigenvalue weighted by Crippen LogP contribution is -2.18. The van der Waals surface area contributed by atoms with Gasteiger partial charge < -0.3 is 15.6 Å². The third kappa shape index (κ3) is 4.00. The van der Waals surface area contributed by atoms with Gasteiger partial charge in [-0.25, -0.2) is 4.79 Å². The van der Waals surface area contributed by atoms with E-state index in [0.717, 1.165) is 11.1 Å². The van der Waals surface area contributed by atoms with Crippen molar-refractivity contribution in [2.75, 3.05) is 12.3 Å². The zero-order valence-electron chi connectivity index (χ0n) is 15.1. The van der Waals surface area contributed by atoms with Gasteiger partial charge in [-0.1, -0.05) is 54.1 Å². The highest BCUT2D eigenvalue weighted by molar-refractivity contribution is 6.32. The Hall–Kier alpha value is -3.31. The fraction of sp³-hybridized carbons (Fsp3) is 0.0909. The second-order valence-electron chi connectivity index (χ2n) is 6.23. The van der Waals surface area contributed by atoms with Crippen molar-refractivity contribution in [2.24, 2.45) is 0 Å². The maximum Gasteiger partial charge on any atom is 0.336 e. The van der Waals surface area contributed by atoms with Crippen LogP contribution >= 0.6 is 11.6 Å². The quantitative estimate of drug-likeness (QED) is 0.459. The second kappa shape index (κ2) is 8.15. The van der Waals surface area contributed by atoms with Gasteiger partial charge in [0.25, 0.3) is 0 Å². The third-order valence-corrected chi connectivity index (χ3v) is 4.81. The number of anilines is 1. The molecule has 0 aliphatic rings. The minimum absolute atomic E-state index is 0.0536. The minimum Gasteiger partial charge on any atom is -0.485 e. The summed E-state index contributed by atoms with van der Waals surface area (Å²) in [6.07, 6.45) is 0. The Kier molecular flexibility index (Phi) is 5.66. The van der Waals surface area contributed by atoms with Gasteiger partial charge in [-0.05, 0) is 41.8 Å². The molecule has 0 aliphatic heterocycles. The highest BCUT2D eigenvalue weighted by atomic mass is 35.5. The molecular weight excluding hydrogens is 378 g/mol. The van der Waals surface area contributed by atoms with Gasteiger partial charge in [0.1, 0.15) is 5.75 Å². The molecule has 5 nitrogen and oxygen atoms in total. The molecule has 3 rings (SSSR count). The predicted octanol–water partition coefficient (Wildman–Crippen LogP) is 4.86. The molecule has 3 N–H and O–H groups in total. The van der Waals surface area contributed by atoms with Crippen LogP contribution in [0.4, 0.5) is 5.69 Å². The van der Waals surface area contributed by atoms with Crippen LogP contribution in [-0.2, 0) is 0 Å². The number of benzene rings is 3. The Morgan fingerprint density at radius 3 is 2.25 bits per heavy atom. The average Bonchev–Trinajstić information content (AvgIpc) is 2.71. The van der Waals surface area contributed by atoms with Crippen LogP contribution in [0, 0.1) is 6.92 Å². The number of hydrogen-bond acceptors (Lipinski definition) is 4. The number of rotatable bonds is 6. The number of aromatic carboxylic acids is 1. The summed E-state index contributed by atoms with van der Waals surface area (Å²) in [6.45, 7) is 1.29. The first-order valence-corrected chi connectivity index (χ1v) is 8.89. The van der Waals surface area contributed by atoms with Crippen molar-refractivity contribution in [1.29, 1.82) is 0 Å². The van der Waals surface area contributed by atoms with Crippen LogP contribution in [0.2, 0.25) is 5.02 Å². The third-order valence-electron chi connectivity index (χ3n) is 4.41. The van der Waals surface area contributed by atoms with E-state index >= 15 is 0 Å². The van der Waals surface area contributed by atoms with Crippen molar-refractivity contribution < 1.29 is 19.4 Å². The number of nitrogen functional groups attached to an aromatic ring is 1. The summed E-state index contributed by atoms with van der Waals surface area (Å²) in [6, 6.07) is 18.4. The average molecular weight is 396 g/mol. The number of carboxylic acids is 1. The van der Waals surface area contributed by atoms with Gasteiger partial charge in [-0.3, -0.25) is 4.79 Å². The molecule has 0 aliphatic carbocycles. The van der Waals surface area contributed by atoms with Crippen LogP contribution in [0.3, 0.4) is 0 Å². The number of ether oxygens (including phenoxy) is 1. The van der Waals surface area contributed by atoms with E-state index in [1.165, 1.54) is 6.07 Å². The van der Waals surface area contributed by atoms with Gasteiger partial charge in [0.05, 0.1) is 11.1 Å². The molecule has 0 aromatic heterocycles. The second-order valence-corrected chi connectivity index (χ2v) is 6.63. The van der Waals surface area contributed by atoms with E-state index in [-0.39, 0.29) is 28.4 Å². The predicted molar refractivity (Wildman–Crippen MR) is 109 cm³/mol. The SMILES string of the molecule is Cc1c(Cl)cc(C(=O)O)c(C(=O)COc2ccc(-c3ccccc3)cc2)c1N. The standard InChI is InChI=1S/C22H18ClNO4/c1-13-18(23)11-17(22(26)27)20(21(13)24)19(25)12-28-16-9-7-15(8-10-16)14-5-3-2-4-6-14/h2-11H,12,24H2,1H3,(H,26,27). The summed E-state index contributed by atoms with van der Waals surface area (Å²) in [5.74, 6) is -1.31. The molecule has 0 saturated heterocycles. The lowest BCUT2D eigenvalue weighted by Gasteiger charge is -2.13. The Labute approximate surface area is 167 Å². The molecular formula is C22H18ClNO4. The number of carbonyl (C=O) groups is 2. The molecule has 0 spiro atoms. The summed E-state index contributed by atoms with van der Waals surface area (Å²) < 4.78 is 5.54. The highest BCUT2D eigenvalue weighted by Gasteiger charge is 2.23. The fourth-order valence-electron chi connectivity index (χ4n) is 2.83. The van der Waals surface area contributed by atoms with Crippen LogP contribution in [0.15, 0.2) is 60.7 Å². The van der Waals surface area contributed by atoms with Gasteiger partial charge in [0, 0.05) is 10.7 Å². The van der Waals surface area contributed by atoms with Crippen molar-refractivity contribution in [3.05, 3.63) is 82.4 Å². The lowest BCUT2D eigenvalue weighted by atomic mass is 9.98. The fourth-order valence-corrected chi connectivity index (χ4v) is 3.04. The van der Waals surface area contributed by atoms with Crippen molar-refractivity contribution in [1.82, 2.24) is 0 Å². The molecule has 0 radical (unpaired) electrons. The number of nitrogens with two attached hydrogens (primary N) is 1. The lowest BCUT2D eigenvalue weighted by molar-refractivity contribution is 0.0690. The van der Waals surface area contributed by atoms with E-state index in [9.17, 15) is 14.7 Å². The molecule has 0 unspecified atom stereocenters. The molecule has 3 aromatic rings. The zero-order chi connectivity index (χ0) is 20.3. The number of halogens is 1. The monoisotopic (exact) mass is 395 g/mol. The number of ketones is 1. The number of carbonyl (C=O) groups excluding carboxylic acids is 1. The van der Waals surface area contributed by atoms with E-state index in [1.54, 1.807) is 19.1 Å². The Bertz CT molecular complexity index is 1030. The van der Waals surface area contributed by atoms with Gasteiger partial charge in [-0.15, -0.1) is 0 Å². The molecule has 0 atom stereocenters. The molecule has 0 heterocycles. The Balaban J connectivity index is 1.78. The largest absolute Gasteiger partial charge is 0.485 e. The highest BCUT2D eigenvalue weighted by Crippen LogP contribution is 2.29. The van der Waals surface area contributed by atoms with Gasteiger partial charge >= 0.3 is 5.97 Å². The van der Waals surface area contributed by atoms with E-state index in [2.05, 4.69) is 0 Å². The molecule has 0 saturated carbocycles. The van der Waals surface area contributed by atoms with E-state index < -0.39 is 11.8 Å². The molecule has 0 fully saturated rings. The molecule has 6 heteroatoms. The van der Waals surface area contributed by atoms with Gasteiger partial charge in [0.2, 0.25) is 5.78 Å². The molecule has 0 amide bonds. The topological polar surface area (TPSA) is 89.6 Å². The number of hydrogen-bond donors (Lipinski definition) is 2. The first kappa shape index (κ1) is 19.5. The molecule has 28 heavy (non-hydrogen) atoms. The van der Waals surface area contributed by atoms with Crippen LogP contribution in [0.1, 0.15) is 26.3 Å². The minimum atomic E-state index is -1.27. The maximum absolute atomic E-state index is 12.6. The van der Waals surface area contributed by atoms with E-state index in [0.29, 0.717) is 11.3 Å². The summed E-state index contributed by atoms with van der Waals surface area (Å²) in [7, 11) is 0. The van der Waals surface area contributed by atoms with Gasteiger partial charge in [-0.2, -0.15) is 0 Å². The van der Waals surface area contributed by atoms with Crippen molar-refractivity contribution in [2.45, 2.75) is 6.92 Å². The molecule has 142 valence electrons. The van der Waals surface area contributed by atoms with Crippen molar-refractivity contribution >= 4 is 29.0 Å².